The first-order valence-electron chi connectivity index (χ1n) is 15.1. The number of nitrogens with two attached hydrogens (primary N) is 1. The van der Waals surface area contributed by atoms with Crippen molar-refractivity contribution in [1.82, 2.24) is 19.8 Å². The lowest BCUT2D eigenvalue weighted by molar-refractivity contribution is -0.131. The van der Waals surface area contributed by atoms with Crippen molar-refractivity contribution >= 4 is 46.8 Å². The van der Waals surface area contributed by atoms with Crippen molar-refractivity contribution < 1.29 is 14.3 Å². The van der Waals surface area contributed by atoms with E-state index in [0.29, 0.717) is 76.6 Å². The molecule has 3 N–H and O–H groups in total. The van der Waals surface area contributed by atoms with Gasteiger partial charge in [-0.1, -0.05) is 24.2 Å². The molecule has 0 aliphatic carbocycles. The Balaban J connectivity index is 1.51. The molecule has 0 spiro atoms. The first-order chi connectivity index (χ1) is 21.6. The van der Waals surface area contributed by atoms with Gasteiger partial charge in [-0.2, -0.15) is 0 Å². The zero-order chi connectivity index (χ0) is 31.7. The van der Waals surface area contributed by atoms with E-state index in [2.05, 4.69) is 11.5 Å². The number of hydrogen-bond donors (Lipinski definition) is 2. The normalized spacial score (nSPS) is 23.3. The van der Waals surface area contributed by atoms with E-state index in [4.69, 9.17) is 47.2 Å². The second kappa shape index (κ2) is 10.8. The van der Waals surface area contributed by atoms with Crippen LogP contribution in [-0.2, 0) is 9.53 Å². The molecule has 1 amide bonds. The summed E-state index contributed by atoms with van der Waals surface area (Å²) in [4.78, 5) is 34.1. The predicted octanol–water partition coefficient (Wildman–Crippen LogP) is 5.14. The number of benzene rings is 1. The Morgan fingerprint density at radius 3 is 2.73 bits per heavy atom. The predicted molar refractivity (Wildman–Crippen MR) is 175 cm³/mol. The number of nitrogen functional groups attached to an aromatic ring is 1. The molecule has 2 aromatic heterocycles. The molecule has 0 saturated carbocycles. The number of amidine groups is 1. The minimum absolute atomic E-state index is 0.0627. The lowest BCUT2D eigenvalue weighted by Gasteiger charge is -2.50. The van der Waals surface area contributed by atoms with Crippen LogP contribution in [0.2, 0.25) is 5.02 Å². The maximum atomic E-state index is 12.8. The number of pyridine rings is 2. The molecule has 45 heavy (non-hydrogen) atoms. The summed E-state index contributed by atoms with van der Waals surface area (Å²) < 4.78 is 13.1. The van der Waals surface area contributed by atoms with Gasteiger partial charge < -0.3 is 30.4 Å². The number of ether oxygens (including phenoxy) is 2. The number of carbonyl (C=O) groups excluding carboxylic acids is 1. The van der Waals surface area contributed by atoms with E-state index in [1.165, 1.54) is 12.3 Å². The highest BCUT2D eigenvalue weighted by Crippen LogP contribution is 2.51. The molecule has 12 heteroatoms. The Kier molecular flexibility index (Phi) is 7.05. The number of carbonyl (C=O) groups is 1. The summed E-state index contributed by atoms with van der Waals surface area (Å²) in [7, 11) is 0. The monoisotopic (exact) mass is 626 g/mol. The van der Waals surface area contributed by atoms with Crippen LogP contribution in [0.5, 0.6) is 5.75 Å². The van der Waals surface area contributed by atoms with Gasteiger partial charge in [0.25, 0.3) is 0 Å². The van der Waals surface area contributed by atoms with Crippen LogP contribution in [0.15, 0.2) is 42.0 Å². The molecule has 232 valence electrons. The first-order valence-corrected chi connectivity index (χ1v) is 15.5. The SMILES string of the molecule is C=CC(=O)N1CC2CCOc3c(Cl)c(-c4c(C)ccc(N)c4C=N)nc4c3C(=NC3OC(C)c5nccc(C)c5N43)N2CC1C. The van der Waals surface area contributed by atoms with Gasteiger partial charge in [0, 0.05) is 54.8 Å². The number of aliphatic imine (C=N–C) groups is 1. The van der Waals surface area contributed by atoms with Crippen LogP contribution in [0.25, 0.3) is 11.3 Å². The smallest absolute Gasteiger partial charge is 0.246 e. The Labute approximate surface area is 266 Å². The van der Waals surface area contributed by atoms with Crippen LogP contribution in [-0.4, -0.2) is 75.9 Å². The fourth-order valence-electron chi connectivity index (χ4n) is 6.97. The summed E-state index contributed by atoms with van der Waals surface area (Å²) in [6, 6.07) is 5.50. The summed E-state index contributed by atoms with van der Waals surface area (Å²) in [6.07, 6.45) is 3.96. The van der Waals surface area contributed by atoms with Crippen LogP contribution in [0.4, 0.5) is 17.2 Å². The zero-order valence-corrected chi connectivity index (χ0v) is 26.4. The van der Waals surface area contributed by atoms with E-state index in [0.717, 1.165) is 22.5 Å². The summed E-state index contributed by atoms with van der Waals surface area (Å²) >= 11 is 7.27. The number of halogens is 1. The maximum Gasteiger partial charge on any atom is 0.246 e. The molecule has 4 aliphatic heterocycles. The molecule has 11 nitrogen and oxygen atoms in total. The molecule has 3 aromatic rings. The van der Waals surface area contributed by atoms with Crippen molar-refractivity contribution in [3.8, 4) is 17.0 Å². The van der Waals surface area contributed by atoms with E-state index in [1.807, 2.05) is 49.6 Å². The van der Waals surface area contributed by atoms with Crippen LogP contribution in [0.1, 0.15) is 54.3 Å². The third-order valence-electron chi connectivity index (χ3n) is 9.22. The van der Waals surface area contributed by atoms with Gasteiger partial charge in [-0.15, -0.1) is 0 Å². The van der Waals surface area contributed by atoms with Gasteiger partial charge in [-0.25, -0.2) is 9.98 Å². The third kappa shape index (κ3) is 4.39. The lowest BCUT2D eigenvalue weighted by Crippen LogP contribution is -2.62. The van der Waals surface area contributed by atoms with Crippen molar-refractivity contribution in [3.05, 3.63) is 70.0 Å². The van der Waals surface area contributed by atoms with Gasteiger partial charge in [0.1, 0.15) is 22.5 Å². The fraction of sp³-hybridized carbons (Fsp3) is 0.364. The molecule has 0 radical (unpaired) electrons. The summed E-state index contributed by atoms with van der Waals surface area (Å²) in [6.45, 7) is 13.1. The average molecular weight is 627 g/mol. The molecule has 1 fully saturated rings. The Bertz CT molecular complexity index is 1810. The van der Waals surface area contributed by atoms with E-state index in [1.54, 1.807) is 12.3 Å². The number of hydrogen-bond acceptors (Lipinski definition) is 10. The van der Waals surface area contributed by atoms with Crippen molar-refractivity contribution in [2.45, 2.75) is 58.7 Å². The number of aromatic nitrogens is 2. The molecule has 0 bridgehead atoms. The van der Waals surface area contributed by atoms with Gasteiger partial charge in [-0.05, 0) is 57.0 Å². The first kappa shape index (κ1) is 29.2. The van der Waals surface area contributed by atoms with Crippen molar-refractivity contribution in [2.75, 3.05) is 30.3 Å². The van der Waals surface area contributed by atoms with E-state index >= 15 is 0 Å². The molecule has 1 aromatic carbocycles. The van der Waals surface area contributed by atoms with Crippen LogP contribution < -0.4 is 15.4 Å². The van der Waals surface area contributed by atoms with Crippen molar-refractivity contribution in [1.29, 1.82) is 5.41 Å². The molecule has 4 aliphatic rings. The van der Waals surface area contributed by atoms with Gasteiger partial charge in [0.15, 0.2) is 11.6 Å². The number of fused-ring (bicyclic) bond motifs is 6. The highest BCUT2D eigenvalue weighted by molar-refractivity contribution is 6.36. The molecule has 1 saturated heterocycles. The number of rotatable bonds is 3. The molecular weight excluding hydrogens is 592 g/mol. The molecule has 6 heterocycles. The van der Waals surface area contributed by atoms with Crippen LogP contribution in [0.3, 0.4) is 0 Å². The number of aryl methyl sites for hydroxylation is 2. The standard InChI is InChI=1S/C33H35ClN8O3/c1-6-23(43)40-15-20-10-12-44-30-25-31(41(20)14-18(40)4)39-33-42(29-17(3)9-11-37-27(29)19(5)45-33)32(25)38-28(26(30)34)24-16(2)7-8-22(36)21(24)13-35/h6-9,11,13,18-20,33,35H,1,10,12,14-15,36H2,2-5H3. The van der Waals surface area contributed by atoms with E-state index < -0.39 is 6.35 Å². The Morgan fingerprint density at radius 2 is 1.98 bits per heavy atom. The average Bonchev–Trinajstić information content (AvgIpc) is 3.02. The number of nitrogens with one attached hydrogen (secondary N) is 1. The van der Waals surface area contributed by atoms with Gasteiger partial charge in [0.2, 0.25) is 12.3 Å². The largest absolute Gasteiger partial charge is 0.491 e. The highest BCUT2D eigenvalue weighted by atomic mass is 35.5. The van der Waals surface area contributed by atoms with Crippen LogP contribution in [0, 0.1) is 19.3 Å². The third-order valence-corrected chi connectivity index (χ3v) is 9.57. The Hall–Kier alpha value is -4.48. The quantitative estimate of drug-likeness (QED) is 0.232. The topological polar surface area (TPSA) is 133 Å². The summed E-state index contributed by atoms with van der Waals surface area (Å²) in [5.74, 6) is 1.60. The summed E-state index contributed by atoms with van der Waals surface area (Å²) in [5.41, 5.74) is 12.7. The second-order valence-corrected chi connectivity index (χ2v) is 12.4. The Morgan fingerprint density at radius 1 is 1.18 bits per heavy atom. The number of nitrogens with zero attached hydrogens (tertiary/aromatic N) is 6. The molecule has 7 rings (SSSR count). The van der Waals surface area contributed by atoms with Gasteiger partial charge >= 0.3 is 0 Å². The molecule has 4 unspecified atom stereocenters. The number of anilines is 3. The van der Waals surface area contributed by atoms with Crippen LogP contribution >= 0.6 is 11.6 Å². The molecule has 4 atom stereocenters. The molecular formula is C33H35ClN8O3. The number of piperazine rings is 1. The minimum atomic E-state index is -0.736. The highest BCUT2D eigenvalue weighted by Gasteiger charge is 2.46. The second-order valence-electron chi connectivity index (χ2n) is 12.0. The van der Waals surface area contributed by atoms with Gasteiger partial charge in [0.05, 0.1) is 29.7 Å². The van der Waals surface area contributed by atoms with Crippen molar-refractivity contribution in [2.24, 2.45) is 4.99 Å². The lowest BCUT2D eigenvalue weighted by atomic mass is 9.95. The fourth-order valence-corrected chi connectivity index (χ4v) is 7.26. The van der Waals surface area contributed by atoms with Crippen molar-refractivity contribution in [3.63, 3.8) is 0 Å². The maximum absolute atomic E-state index is 12.8. The van der Waals surface area contributed by atoms with E-state index in [9.17, 15) is 4.79 Å². The summed E-state index contributed by atoms with van der Waals surface area (Å²) in [5, 5.41) is 8.52. The minimum Gasteiger partial charge on any atom is -0.491 e. The number of amides is 1. The van der Waals surface area contributed by atoms with E-state index in [-0.39, 0.29) is 24.1 Å². The van der Waals surface area contributed by atoms with Gasteiger partial charge in [-0.3, -0.25) is 14.7 Å². The zero-order valence-electron chi connectivity index (χ0n) is 25.7.